The van der Waals surface area contributed by atoms with Crippen LogP contribution < -0.4 is 0 Å². The van der Waals surface area contributed by atoms with Gasteiger partial charge in [0.05, 0.1) is 31.3 Å². The van der Waals surface area contributed by atoms with Gasteiger partial charge in [0.25, 0.3) is 20.2 Å². The zero-order valence-corrected chi connectivity index (χ0v) is 14.8. The molecule has 0 aliphatic heterocycles. The molecule has 0 fully saturated rings. The Morgan fingerprint density at radius 2 is 1.26 bits per heavy atom. The maximum atomic E-state index is 10.6. The van der Waals surface area contributed by atoms with E-state index in [1.54, 1.807) is 0 Å². The van der Waals surface area contributed by atoms with E-state index < -0.39 is 37.2 Å². The summed E-state index contributed by atoms with van der Waals surface area (Å²) in [5, 5.41) is 9.52. The molecule has 0 atom stereocenters. The number of aliphatic hydroxyl groups is 1. The van der Waals surface area contributed by atoms with E-state index in [4.69, 9.17) is 18.6 Å². The van der Waals surface area contributed by atoms with Crippen LogP contribution in [0.2, 0.25) is 0 Å². The molecule has 0 aromatic heterocycles. The third-order valence-electron chi connectivity index (χ3n) is 3.28. The summed E-state index contributed by atoms with van der Waals surface area (Å²) >= 11 is 0. The number of aliphatic hydroxyl groups excluding tert-OH is 1. The first kappa shape index (κ1) is 22.7. The first-order valence-electron chi connectivity index (χ1n) is 7.20. The Bertz CT molecular complexity index is 465. The van der Waals surface area contributed by atoms with Gasteiger partial charge in [-0.2, -0.15) is 16.8 Å². The van der Waals surface area contributed by atoms with Gasteiger partial charge >= 0.3 is 0 Å². The summed E-state index contributed by atoms with van der Waals surface area (Å²) in [5.74, 6) is -0.783. The van der Waals surface area contributed by atoms with Crippen LogP contribution >= 0.6 is 0 Å². The number of hydrogen-bond donors (Lipinski definition) is 3. The second-order valence-corrected chi connectivity index (χ2v) is 8.54. The van der Waals surface area contributed by atoms with E-state index in [1.807, 2.05) is 6.92 Å². The maximum absolute atomic E-state index is 10.6. The second-order valence-electron chi connectivity index (χ2n) is 5.40. The average Bonchev–Trinajstić information content (AvgIpc) is 2.42. The Hall–Kier alpha value is -0.300. The Morgan fingerprint density at radius 3 is 1.52 bits per heavy atom. The van der Waals surface area contributed by atoms with E-state index in [0.29, 0.717) is 6.42 Å². The van der Waals surface area contributed by atoms with Crippen molar-refractivity contribution >= 4 is 20.2 Å². The number of hydrogen-bond acceptors (Lipinski definition) is 7. The van der Waals surface area contributed by atoms with Gasteiger partial charge < -0.3 is 14.6 Å². The maximum Gasteiger partial charge on any atom is 0.264 e. The van der Waals surface area contributed by atoms with Crippen LogP contribution in [0, 0.1) is 5.41 Å². The minimum atomic E-state index is -4.01. The molecular weight excluding hydrogens is 352 g/mol. The van der Waals surface area contributed by atoms with Crippen LogP contribution in [-0.2, 0) is 29.7 Å². The first-order chi connectivity index (χ1) is 10.5. The van der Waals surface area contributed by atoms with Gasteiger partial charge in [-0.25, -0.2) is 0 Å². The molecule has 0 amide bonds. The fourth-order valence-corrected chi connectivity index (χ4v) is 2.68. The smallest absolute Gasteiger partial charge is 0.264 e. The molecule has 3 N–H and O–H groups in total. The fourth-order valence-electron chi connectivity index (χ4n) is 1.71. The van der Waals surface area contributed by atoms with E-state index >= 15 is 0 Å². The molecule has 0 saturated carbocycles. The van der Waals surface area contributed by atoms with Crippen molar-refractivity contribution in [3.63, 3.8) is 0 Å². The Labute approximate surface area is 137 Å². The van der Waals surface area contributed by atoms with E-state index in [0.717, 1.165) is 0 Å². The second kappa shape index (κ2) is 10.5. The summed E-state index contributed by atoms with van der Waals surface area (Å²) in [5.41, 5.74) is -0.670. The summed E-state index contributed by atoms with van der Waals surface area (Å²) in [6, 6.07) is 0. The third-order valence-corrected chi connectivity index (χ3v) is 4.89. The summed E-state index contributed by atoms with van der Waals surface area (Å²) in [6.07, 6.45) is 0.818. The lowest BCUT2D eigenvalue weighted by molar-refractivity contribution is -0.0527. The van der Waals surface area contributed by atoms with Crippen LogP contribution in [0.4, 0.5) is 0 Å². The van der Waals surface area contributed by atoms with E-state index in [2.05, 4.69) is 0 Å². The molecule has 0 saturated heterocycles. The molecule has 0 aromatic rings. The summed E-state index contributed by atoms with van der Waals surface area (Å²) in [7, 11) is -8.01. The topological polar surface area (TPSA) is 147 Å². The molecular formula is C12H26O9S2. The molecule has 0 unspecified atom stereocenters. The van der Waals surface area contributed by atoms with Gasteiger partial charge in [0.2, 0.25) is 0 Å². The van der Waals surface area contributed by atoms with Crippen molar-refractivity contribution in [3.05, 3.63) is 0 Å². The summed E-state index contributed by atoms with van der Waals surface area (Å²) in [6.45, 7) is 2.14. The SMILES string of the molecule is CCC(CO)(COCCCS(=O)(=O)O)COCCCS(=O)(=O)O. The predicted octanol–water partition coefficient (Wildman–Crippen LogP) is -0.0359. The Morgan fingerprint density at radius 1 is 0.870 bits per heavy atom. The third kappa shape index (κ3) is 12.8. The predicted molar refractivity (Wildman–Crippen MR) is 83.5 cm³/mol. The van der Waals surface area contributed by atoms with Crippen molar-refractivity contribution in [1.82, 2.24) is 0 Å². The van der Waals surface area contributed by atoms with Crippen LogP contribution in [0.25, 0.3) is 0 Å². The van der Waals surface area contributed by atoms with Gasteiger partial charge in [-0.05, 0) is 19.3 Å². The number of ether oxygens (including phenoxy) is 2. The standard InChI is InChI=1S/C12H26O9S2/c1-2-12(9-13,10-20-5-3-7-22(14,15)16)11-21-6-4-8-23(17,18)19/h13H,2-11H2,1H3,(H,14,15,16)(H,17,18,19). The minimum absolute atomic E-state index is 0.115. The lowest BCUT2D eigenvalue weighted by atomic mass is 9.88. The lowest BCUT2D eigenvalue weighted by Crippen LogP contribution is -2.36. The zero-order valence-electron chi connectivity index (χ0n) is 13.2. The van der Waals surface area contributed by atoms with Gasteiger partial charge in [0, 0.05) is 18.6 Å². The molecule has 0 aliphatic rings. The molecule has 9 nitrogen and oxygen atoms in total. The van der Waals surface area contributed by atoms with E-state index in [1.165, 1.54) is 0 Å². The first-order valence-corrected chi connectivity index (χ1v) is 10.4. The highest BCUT2D eigenvalue weighted by Crippen LogP contribution is 2.22. The van der Waals surface area contributed by atoms with Gasteiger partial charge in [0.15, 0.2) is 0 Å². The quantitative estimate of drug-likeness (QED) is 0.280. The molecule has 0 heterocycles. The van der Waals surface area contributed by atoms with Gasteiger partial charge in [-0.15, -0.1) is 0 Å². The molecule has 0 aliphatic carbocycles. The Kier molecular flexibility index (Phi) is 10.4. The molecule has 140 valence electrons. The highest BCUT2D eigenvalue weighted by molar-refractivity contribution is 7.86. The largest absolute Gasteiger partial charge is 0.396 e. The fraction of sp³-hybridized carbons (Fsp3) is 1.00. The minimum Gasteiger partial charge on any atom is -0.396 e. The van der Waals surface area contributed by atoms with E-state index in [-0.39, 0.29) is 45.9 Å². The lowest BCUT2D eigenvalue weighted by Gasteiger charge is -2.30. The molecule has 11 heteroatoms. The van der Waals surface area contributed by atoms with E-state index in [9.17, 15) is 21.9 Å². The summed E-state index contributed by atoms with van der Waals surface area (Å²) < 4.78 is 70.1. The number of rotatable bonds is 14. The zero-order chi connectivity index (χ0) is 18.0. The van der Waals surface area contributed by atoms with Crippen molar-refractivity contribution in [2.24, 2.45) is 5.41 Å². The van der Waals surface area contributed by atoms with Crippen molar-refractivity contribution < 1.29 is 40.5 Å². The highest BCUT2D eigenvalue weighted by atomic mass is 32.2. The monoisotopic (exact) mass is 378 g/mol. The highest BCUT2D eigenvalue weighted by Gasteiger charge is 2.28. The van der Waals surface area contributed by atoms with Crippen molar-refractivity contribution in [3.8, 4) is 0 Å². The Balaban J connectivity index is 4.09. The molecule has 0 bridgehead atoms. The molecule has 0 rings (SSSR count). The van der Waals surface area contributed by atoms with Crippen LogP contribution in [0.3, 0.4) is 0 Å². The molecule has 0 aromatic carbocycles. The van der Waals surface area contributed by atoms with Crippen LogP contribution in [0.5, 0.6) is 0 Å². The van der Waals surface area contributed by atoms with Gasteiger partial charge in [0.1, 0.15) is 0 Å². The molecule has 23 heavy (non-hydrogen) atoms. The van der Waals surface area contributed by atoms with Crippen molar-refractivity contribution in [2.45, 2.75) is 26.2 Å². The van der Waals surface area contributed by atoms with Crippen molar-refractivity contribution in [1.29, 1.82) is 0 Å². The normalized spacial score (nSPS) is 13.4. The van der Waals surface area contributed by atoms with Crippen molar-refractivity contribution in [2.75, 3.05) is 44.5 Å². The van der Waals surface area contributed by atoms with Crippen LogP contribution in [0.1, 0.15) is 26.2 Å². The average molecular weight is 378 g/mol. The molecule has 0 spiro atoms. The van der Waals surface area contributed by atoms with Gasteiger partial charge in [-0.1, -0.05) is 6.92 Å². The molecule has 0 radical (unpaired) electrons. The van der Waals surface area contributed by atoms with Gasteiger partial charge in [-0.3, -0.25) is 9.11 Å². The van der Waals surface area contributed by atoms with Crippen LogP contribution in [0.15, 0.2) is 0 Å². The van der Waals surface area contributed by atoms with Crippen LogP contribution in [-0.4, -0.2) is 75.6 Å². The summed E-state index contributed by atoms with van der Waals surface area (Å²) in [4.78, 5) is 0.